The summed E-state index contributed by atoms with van der Waals surface area (Å²) in [4.78, 5) is 51.1. The van der Waals surface area contributed by atoms with Crippen LogP contribution in [0.4, 0.5) is 0 Å². The molecule has 0 atom stereocenters. The Hall–Kier alpha value is -2.50. The molecule has 0 unspecified atom stereocenters. The summed E-state index contributed by atoms with van der Waals surface area (Å²) in [6.07, 6.45) is 0. The number of aromatic amines is 2. The Balaban J connectivity index is 2.93. The molecule has 0 spiro atoms. The minimum atomic E-state index is -0.505. The van der Waals surface area contributed by atoms with Crippen LogP contribution in [0.15, 0.2) is 21.7 Å². The Labute approximate surface area is 101 Å². The summed E-state index contributed by atoms with van der Waals surface area (Å²) in [6, 6.07) is 2.20. The Morgan fingerprint density at radius 1 is 0.833 bits per heavy atom. The Morgan fingerprint density at radius 2 is 1.17 bits per heavy atom. The molecule has 2 heterocycles. The average Bonchev–Trinajstić information content (AvgIpc) is 2.29. The smallest absolute Gasteiger partial charge is 0.206 e. The maximum atomic E-state index is 11.8. The van der Waals surface area contributed by atoms with Gasteiger partial charge < -0.3 is 9.97 Å². The molecule has 0 fully saturated rings. The van der Waals surface area contributed by atoms with Crippen LogP contribution in [-0.2, 0) is 0 Å². The summed E-state index contributed by atoms with van der Waals surface area (Å²) in [5, 5.41) is 0. The molecule has 92 valence electrons. The molecule has 6 heteroatoms. The van der Waals surface area contributed by atoms with Crippen molar-refractivity contribution in [2.24, 2.45) is 0 Å². The van der Waals surface area contributed by atoms with Crippen molar-refractivity contribution in [2.45, 2.75) is 13.8 Å². The summed E-state index contributed by atoms with van der Waals surface area (Å²) < 4.78 is 0. The van der Waals surface area contributed by atoms with E-state index in [9.17, 15) is 19.2 Å². The van der Waals surface area contributed by atoms with Gasteiger partial charge in [0.05, 0.1) is 11.4 Å². The number of carbonyl (C=O) groups excluding carboxylic acids is 2. The molecule has 0 bridgehead atoms. The zero-order valence-corrected chi connectivity index (χ0v) is 9.79. The molecular weight excluding hydrogens is 236 g/mol. The topological polar surface area (TPSA) is 99.9 Å². The third kappa shape index (κ3) is 1.88. The summed E-state index contributed by atoms with van der Waals surface area (Å²) in [7, 11) is 0. The van der Waals surface area contributed by atoms with Crippen LogP contribution >= 0.6 is 0 Å². The molecule has 0 amide bonds. The van der Waals surface area contributed by atoms with E-state index in [1.807, 2.05) is 0 Å². The molecule has 2 aromatic rings. The number of aromatic nitrogens is 2. The van der Waals surface area contributed by atoms with Crippen LogP contribution in [0.1, 0.15) is 34.8 Å². The number of fused-ring (bicyclic) bond motifs is 1. The van der Waals surface area contributed by atoms with E-state index in [0.717, 1.165) is 12.1 Å². The predicted octanol–water partition coefficient (Wildman–Crippen LogP) is 0.622. The van der Waals surface area contributed by atoms with E-state index in [0.29, 0.717) is 0 Å². The number of hydrogen-bond donors (Lipinski definition) is 2. The van der Waals surface area contributed by atoms with Gasteiger partial charge in [0.1, 0.15) is 11.0 Å². The van der Waals surface area contributed by atoms with Crippen LogP contribution < -0.4 is 10.9 Å². The van der Waals surface area contributed by atoms with Crippen molar-refractivity contribution in [3.8, 4) is 0 Å². The van der Waals surface area contributed by atoms with E-state index in [-0.39, 0.29) is 34.0 Å². The summed E-state index contributed by atoms with van der Waals surface area (Å²) in [5.41, 5.74) is -0.888. The van der Waals surface area contributed by atoms with Gasteiger partial charge in [0.25, 0.3) is 0 Å². The molecule has 6 nitrogen and oxygen atoms in total. The van der Waals surface area contributed by atoms with Crippen LogP contribution in [0.25, 0.3) is 11.0 Å². The first-order valence-electron chi connectivity index (χ1n) is 5.22. The van der Waals surface area contributed by atoms with Gasteiger partial charge in [0, 0.05) is 26.0 Å². The van der Waals surface area contributed by atoms with Gasteiger partial charge in [0.2, 0.25) is 10.9 Å². The number of nitrogens with one attached hydrogen (secondary N) is 2. The quantitative estimate of drug-likeness (QED) is 0.758. The fourth-order valence-corrected chi connectivity index (χ4v) is 1.62. The fraction of sp³-hybridized carbons (Fsp3) is 0.167. The lowest BCUT2D eigenvalue weighted by Gasteiger charge is -2.02. The zero-order chi connectivity index (χ0) is 13.4. The Morgan fingerprint density at radius 3 is 1.44 bits per heavy atom. The van der Waals surface area contributed by atoms with Crippen molar-refractivity contribution in [1.29, 1.82) is 0 Å². The Bertz CT molecular complexity index is 715. The maximum absolute atomic E-state index is 11.8. The second-order valence-electron chi connectivity index (χ2n) is 3.96. The minimum absolute atomic E-state index is 0.00213. The van der Waals surface area contributed by atoms with Gasteiger partial charge in [-0.05, 0) is 0 Å². The van der Waals surface area contributed by atoms with Crippen molar-refractivity contribution >= 4 is 22.6 Å². The molecule has 0 saturated carbocycles. The lowest BCUT2D eigenvalue weighted by Crippen LogP contribution is -2.17. The van der Waals surface area contributed by atoms with Gasteiger partial charge in [-0.2, -0.15) is 0 Å². The van der Waals surface area contributed by atoms with Gasteiger partial charge in [-0.3, -0.25) is 19.2 Å². The van der Waals surface area contributed by atoms with Crippen LogP contribution in [-0.4, -0.2) is 21.5 Å². The molecule has 0 aromatic carbocycles. The molecule has 18 heavy (non-hydrogen) atoms. The van der Waals surface area contributed by atoms with Crippen molar-refractivity contribution < 1.29 is 9.59 Å². The standard InChI is InChI=1S/C12H10N2O4/c1-5(15)7-3-9(17)12-11(13-7)10(18)4-8(14-12)6(2)16/h3-4H,1-2H3,(H,13,17)(H,14,18). The highest BCUT2D eigenvalue weighted by molar-refractivity contribution is 5.96. The second-order valence-corrected chi connectivity index (χ2v) is 3.96. The van der Waals surface area contributed by atoms with Crippen LogP contribution in [0.2, 0.25) is 0 Å². The van der Waals surface area contributed by atoms with E-state index in [4.69, 9.17) is 0 Å². The van der Waals surface area contributed by atoms with Crippen molar-refractivity contribution in [3.05, 3.63) is 44.0 Å². The highest BCUT2D eigenvalue weighted by Crippen LogP contribution is 2.04. The van der Waals surface area contributed by atoms with Crippen molar-refractivity contribution in [2.75, 3.05) is 0 Å². The largest absolute Gasteiger partial charge is 0.347 e. The van der Waals surface area contributed by atoms with Gasteiger partial charge in [-0.1, -0.05) is 0 Å². The highest BCUT2D eigenvalue weighted by atomic mass is 16.1. The van der Waals surface area contributed by atoms with Gasteiger partial charge in [-0.25, -0.2) is 0 Å². The third-order valence-corrected chi connectivity index (χ3v) is 2.57. The van der Waals surface area contributed by atoms with E-state index < -0.39 is 10.9 Å². The molecular formula is C12H10N2O4. The molecule has 0 radical (unpaired) electrons. The SMILES string of the molecule is CC(=O)c1cc(=O)c2[nH]c(C(C)=O)cc(=O)c2[nH]1. The summed E-state index contributed by atoms with van der Waals surface area (Å²) >= 11 is 0. The van der Waals surface area contributed by atoms with Crippen LogP contribution in [0.3, 0.4) is 0 Å². The van der Waals surface area contributed by atoms with E-state index in [2.05, 4.69) is 9.97 Å². The monoisotopic (exact) mass is 246 g/mol. The first-order chi connectivity index (χ1) is 8.40. The number of Topliss-reactive ketones (excluding diaryl/α,β-unsaturated/α-hetero) is 2. The predicted molar refractivity (Wildman–Crippen MR) is 65.2 cm³/mol. The molecule has 0 aliphatic rings. The zero-order valence-electron chi connectivity index (χ0n) is 9.79. The third-order valence-electron chi connectivity index (χ3n) is 2.57. The van der Waals surface area contributed by atoms with E-state index in [1.165, 1.54) is 13.8 Å². The molecule has 0 aliphatic carbocycles. The lowest BCUT2D eigenvalue weighted by molar-refractivity contribution is 0.1000. The van der Waals surface area contributed by atoms with Gasteiger partial charge >= 0.3 is 0 Å². The van der Waals surface area contributed by atoms with Crippen molar-refractivity contribution in [3.63, 3.8) is 0 Å². The fourth-order valence-electron chi connectivity index (χ4n) is 1.62. The number of rotatable bonds is 2. The highest BCUT2D eigenvalue weighted by Gasteiger charge is 2.11. The summed E-state index contributed by atoms with van der Waals surface area (Å²) in [5.74, 6) is -0.687. The number of pyridine rings is 2. The average molecular weight is 246 g/mol. The number of hydrogen-bond acceptors (Lipinski definition) is 4. The lowest BCUT2D eigenvalue weighted by atomic mass is 10.2. The second kappa shape index (κ2) is 4.06. The van der Waals surface area contributed by atoms with Gasteiger partial charge in [0.15, 0.2) is 11.6 Å². The van der Waals surface area contributed by atoms with Gasteiger partial charge in [-0.15, -0.1) is 0 Å². The molecule has 0 saturated heterocycles. The van der Waals surface area contributed by atoms with Crippen LogP contribution in [0.5, 0.6) is 0 Å². The summed E-state index contributed by atoms with van der Waals surface area (Å²) in [6.45, 7) is 2.57. The van der Waals surface area contributed by atoms with Crippen LogP contribution in [0, 0.1) is 0 Å². The van der Waals surface area contributed by atoms with E-state index >= 15 is 0 Å². The molecule has 2 rings (SSSR count). The molecule has 2 aromatic heterocycles. The van der Waals surface area contributed by atoms with Crippen molar-refractivity contribution in [1.82, 2.24) is 9.97 Å². The number of ketones is 2. The van der Waals surface area contributed by atoms with E-state index in [1.54, 1.807) is 0 Å². The molecule has 0 aliphatic heterocycles. The first-order valence-corrected chi connectivity index (χ1v) is 5.22. The maximum Gasteiger partial charge on any atom is 0.206 e. The normalized spacial score (nSPS) is 10.6. The minimum Gasteiger partial charge on any atom is -0.347 e. The Kier molecular flexibility index (Phi) is 2.70. The first kappa shape index (κ1) is 12.0. The number of H-pyrrole nitrogens is 2. The number of carbonyl (C=O) groups is 2. The molecule has 2 N–H and O–H groups in total.